The van der Waals surface area contributed by atoms with Crippen LogP contribution in [0.3, 0.4) is 0 Å². The van der Waals surface area contributed by atoms with Gasteiger partial charge < -0.3 is 24.8 Å². The van der Waals surface area contributed by atoms with Gasteiger partial charge in [0.2, 0.25) is 0 Å². The minimum atomic E-state index is 0.267. The highest BCUT2D eigenvalue weighted by Crippen LogP contribution is 2.34. The molecule has 0 atom stereocenters. The van der Waals surface area contributed by atoms with Crippen LogP contribution in [-0.2, 0) is 24.4 Å². The molecule has 1 aromatic carbocycles. The summed E-state index contributed by atoms with van der Waals surface area (Å²) in [7, 11) is 5.17. The summed E-state index contributed by atoms with van der Waals surface area (Å²) in [5.74, 6) is 2.33. The first-order valence-corrected chi connectivity index (χ1v) is 11.4. The Morgan fingerprint density at radius 1 is 1.16 bits per heavy atom. The molecule has 2 aromatic rings. The lowest BCUT2D eigenvalue weighted by Crippen LogP contribution is -2.36. The summed E-state index contributed by atoms with van der Waals surface area (Å²) in [5, 5.41) is 11.4. The standard InChI is InChI=1S/C24H37N5O3/c1-17-21(18(2)29(28-17)13-14-30-4)16-27-24(25-3)26-15-19-9-8-12-22(31-5)23(19)32-20-10-6-7-11-20/h8-9,12,20H,6-7,10-11,13-16H2,1-5H3,(H2,25,26,27). The molecule has 1 aliphatic rings. The summed E-state index contributed by atoms with van der Waals surface area (Å²) < 4.78 is 19.1. The Morgan fingerprint density at radius 2 is 1.91 bits per heavy atom. The van der Waals surface area contributed by atoms with Gasteiger partial charge in [0.15, 0.2) is 17.5 Å². The van der Waals surface area contributed by atoms with Gasteiger partial charge in [-0.2, -0.15) is 5.10 Å². The second-order valence-electron chi connectivity index (χ2n) is 8.12. The van der Waals surface area contributed by atoms with Crippen molar-refractivity contribution in [2.45, 2.75) is 65.3 Å². The number of benzene rings is 1. The maximum atomic E-state index is 6.34. The van der Waals surface area contributed by atoms with Crippen molar-refractivity contribution in [2.24, 2.45) is 4.99 Å². The van der Waals surface area contributed by atoms with Crippen molar-refractivity contribution >= 4 is 5.96 Å². The first kappa shape index (κ1) is 23.9. The van der Waals surface area contributed by atoms with E-state index < -0.39 is 0 Å². The van der Waals surface area contributed by atoms with Crippen molar-refractivity contribution in [1.82, 2.24) is 20.4 Å². The Hall–Kier alpha value is -2.74. The maximum absolute atomic E-state index is 6.34. The molecular formula is C24H37N5O3. The number of para-hydroxylation sites is 1. The second-order valence-corrected chi connectivity index (χ2v) is 8.12. The number of nitrogens with zero attached hydrogens (tertiary/aromatic N) is 3. The van der Waals surface area contributed by atoms with Crippen LogP contribution in [0.25, 0.3) is 0 Å². The van der Waals surface area contributed by atoms with Crippen LogP contribution in [0.4, 0.5) is 0 Å². The Bertz CT molecular complexity index is 903. The second kappa shape index (κ2) is 11.8. The fourth-order valence-electron chi connectivity index (χ4n) is 4.12. The van der Waals surface area contributed by atoms with E-state index in [0.29, 0.717) is 19.7 Å². The molecule has 0 unspecified atom stereocenters. The number of aryl methyl sites for hydroxylation is 1. The van der Waals surface area contributed by atoms with E-state index in [-0.39, 0.29) is 6.10 Å². The van der Waals surface area contributed by atoms with Crippen LogP contribution in [0.1, 0.15) is 48.2 Å². The molecule has 3 rings (SSSR count). The predicted molar refractivity (Wildman–Crippen MR) is 126 cm³/mol. The molecule has 0 radical (unpaired) electrons. The van der Waals surface area contributed by atoms with Crippen molar-refractivity contribution in [2.75, 3.05) is 27.9 Å². The highest BCUT2D eigenvalue weighted by molar-refractivity contribution is 5.79. The molecule has 2 N–H and O–H groups in total. The highest BCUT2D eigenvalue weighted by atomic mass is 16.5. The number of aromatic nitrogens is 2. The minimum absolute atomic E-state index is 0.267. The monoisotopic (exact) mass is 443 g/mol. The van der Waals surface area contributed by atoms with Gasteiger partial charge in [0.1, 0.15) is 0 Å². The lowest BCUT2D eigenvalue weighted by Gasteiger charge is -2.20. The summed E-state index contributed by atoms with van der Waals surface area (Å²) in [6.45, 7) is 6.75. The molecule has 1 heterocycles. The molecule has 176 valence electrons. The van der Waals surface area contributed by atoms with Gasteiger partial charge in [-0.1, -0.05) is 12.1 Å². The molecule has 0 aliphatic heterocycles. The Labute approximate surface area is 191 Å². The van der Waals surface area contributed by atoms with Crippen molar-refractivity contribution in [1.29, 1.82) is 0 Å². The zero-order valence-electron chi connectivity index (χ0n) is 20.0. The highest BCUT2D eigenvalue weighted by Gasteiger charge is 2.20. The topological polar surface area (TPSA) is 81.9 Å². The first-order chi connectivity index (χ1) is 15.6. The summed E-state index contributed by atoms with van der Waals surface area (Å²) >= 11 is 0. The number of guanidine groups is 1. The average Bonchev–Trinajstić information content (AvgIpc) is 3.41. The average molecular weight is 444 g/mol. The zero-order chi connectivity index (χ0) is 22.9. The van der Waals surface area contributed by atoms with Gasteiger partial charge in [-0.25, -0.2) is 0 Å². The first-order valence-electron chi connectivity index (χ1n) is 11.4. The van der Waals surface area contributed by atoms with Crippen molar-refractivity contribution < 1.29 is 14.2 Å². The molecule has 1 saturated carbocycles. The van der Waals surface area contributed by atoms with Crippen LogP contribution < -0.4 is 20.1 Å². The number of methoxy groups -OCH3 is 2. The molecule has 0 spiro atoms. The summed E-state index contributed by atoms with van der Waals surface area (Å²) in [6, 6.07) is 6.02. The van der Waals surface area contributed by atoms with Gasteiger partial charge in [0.05, 0.1) is 32.1 Å². The lowest BCUT2D eigenvalue weighted by atomic mass is 10.1. The number of hydrogen-bond donors (Lipinski definition) is 2. The van der Waals surface area contributed by atoms with Crippen LogP contribution in [0.15, 0.2) is 23.2 Å². The third-order valence-corrected chi connectivity index (χ3v) is 6.01. The van der Waals surface area contributed by atoms with Crippen molar-refractivity contribution in [3.05, 3.63) is 40.7 Å². The molecule has 0 saturated heterocycles. The van der Waals surface area contributed by atoms with Gasteiger partial charge in [0, 0.05) is 44.1 Å². The van der Waals surface area contributed by atoms with Crippen LogP contribution in [0, 0.1) is 13.8 Å². The van der Waals surface area contributed by atoms with Gasteiger partial charge in [-0.3, -0.25) is 9.67 Å². The molecule has 32 heavy (non-hydrogen) atoms. The summed E-state index contributed by atoms with van der Waals surface area (Å²) in [5.41, 5.74) is 4.39. The number of rotatable bonds is 10. The number of ether oxygens (including phenoxy) is 3. The van der Waals surface area contributed by atoms with Crippen molar-refractivity contribution in [3.8, 4) is 11.5 Å². The number of aliphatic imine (C=N–C) groups is 1. The van der Waals surface area contributed by atoms with Gasteiger partial charge in [0.25, 0.3) is 0 Å². The minimum Gasteiger partial charge on any atom is -0.493 e. The van der Waals surface area contributed by atoms with E-state index >= 15 is 0 Å². The van der Waals surface area contributed by atoms with Crippen LogP contribution in [-0.4, -0.2) is 49.7 Å². The third-order valence-electron chi connectivity index (χ3n) is 6.01. The molecule has 0 bridgehead atoms. The van der Waals surface area contributed by atoms with E-state index in [1.165, 1.54) is 18.4 Å². The summed E-state index contributed by atoms with van der Waals surface area (Å²) in [4.78, 5) is 4.38. The quantitative estimate of drug-likeness (QED) is 0.433. The molecule has 1 aliphatic carbocycles. The smallest absolute Gasteiger partial charge is 0.191 e. The summed E-state index contributed by atoms with van der Waals surface area (Å²) in [6.07, 6.45) is 4.92. The normalized spacial score (nSPS) is 14.6. The number of hydrogen-bond acceptors (Lipinski definition) is 5. The lowest BCUT2D eigenvalue weighted by molar-refractivity contribution is 0.182. The van der Waals surface area contributed by atoms with Crippen molar-refractivity contribution in [3.63, 3.8) is 0 Å². The van der Waals surface area contributed by atoms with Crippen LogP contribution >= 0.6 is 0 Å². The van der Waals surface area contributed by atoms with Gasteiger partial charge in [-0.05, 0) is 45.6 Å². The van der Waals surface area contributed by atoms with E-state index in [1.807, 2.05) is 23.7 Å². The predicted octanol–water partition coefficient (Wildman–Crippen LogP) is 3.34. The fraction of sp³-hybridized carbons (Fsp3) is 0.583. The number of nitrogens with one attached hydrogen (secondary N) is 2. The van der Waals surface area contributed by atoms with Crippen LogP contribution in [0.2, 0.25) is 0 Å². The van der Waals surface area contributed by atoms with E-state index in [9.17, 15) is 0 Å². The molecule has 0 amide bonds. The molecular weight excluding hydrogens is 406 g/mol. The van der Waals surface area contributed by atoms with E-state index in [0.717, 1.165) is 53.8 Å². The third kappa shape index (κ3) is 5.94. The maximum Gasteiger partial charge on any atom is 0.191 e. The molecule has 1 fully saturated rings. The van der Waals surface area contributed by atoms with Gasteiger partial charge >= 0.3 is 0 Å². The largest absolute Gasteiger partial charge is 0.493 e. The van der Waals surface area contributed by atoms with Crippen LogP contribution in [0.5, 0.6) is 11.5 Å². The molecule has 8 nitrogen and oxygen atoms in total. The zero-order valence-corrected chi connectivity index (χ0v) is 20.0. The van der Waals surface area contributed by atoms with E-state index in [4.69, 9.17) is 14.2 Å². The van der Waals surface area contributed by atoms with E-state index in [1.54, 1.807) is 21.3 Å². The SMILES string of the molecule is CN=C(NCc1cccc(OC)c1OC1CCCC1)NCc1c(C)nn(CCOC)c1C. The Morgan fingerprint density at radius 3 is 2.59 bits per heavy atom. The van der Waals surface area contributed by atoms with Gasteiger partial charge in [-0.15, -0.1) is 0 Å². The molecule has 8 heteroatoms. The Kier molecular flexibility index (Phi) is 8.79. The molecule has 1 aromatic heterocycles. The fourth-order valence-corrected chi connectivity index (χ4v) is 4.12. The Balaban J connectivity index is 1.63. The van der Waals surface area contributed by atoms with E-state index in [2.05, 4.69) is 33.7 Å².